The molecule has 0 spiro atoms. The first kappa shape index (κ1) is 16.5. The van der Waals surface area contributed by atoms with Gasteiger partial charge in [0, 0.05) is 31.5 Å². The second-order valence-electron chi connectivity index (χ2n) is 4.90. The molecule has 0 fully saturated rings. The SMILES string of the molecule is CCCNc1ccc(C(=O)N(CC)C(C)COC)cc1. The van der Waals surface area contributed by atoms with Crippen molar-refractivity contribution in [1.29, 1.82) is 0 Å². The maximum Gasteiger partial charge on any atom is 0.254 e. The summed E-state index contributed by atoms with van der Waals surface area (Å²) < 4.78 is 5.13. The van der Waals surface area contributed by atoms with Crippen LogP contribution in [0.4, 0.5) is 5.69 Å². The van der Waals surface area contributed by atoms with E-state index in [0.29, 0.717) is 13.2 Å². The van der Waals surface area contributed by atoms with Gasteiger partial charge in [-0.2, -0.15) is 0 Å². The van der Waals surface area contributed by atoms with E-state index in [1.807, 2.05) is 43.0 Å². The number of rotatable bonds is 8. The summed E-state index contributed by atoms with van der Waals surface area (Å²) >= 11 is 0. The van der Waals surface area contributed by atoms with Gasteiger partial charge in [-0.1, -0.05) is 6.92 Å². The normalized spacial score (nSPS) is 12.0. The monoisotopic (exact) mass is 278 g/mol. The number of benzene rings is 1. The van der Waals surface area contributed by atoms with Crippen molar-refractivity contribution in [3.8, 4) is 0 Å². The Bertz CT molecular complexity index is 403. The maximum absolute atomic E-state index is 12.5. The molecule has 0 saturated heterocycles. The van der Waals surface area contributed by atoms with Gasteiger partial charge in [-0.25, -0.2) is 0 Å². The van der Waals surface area contributed by atoms with E-state index in [1.54, 1.807) is 7.11 Å². The zero-order valence-electron chi connectivity index (χ0n) is 13.0. The minimum Gasteiger partial charge on any atom is -0.385 e. The zero-order valence-corrected chi connectivity index (χ0v) is 13.0. The second-order valence-corrected chi connectivity index (χ2v) is 4.90. The van der Waals surface area contributed by atoms with Crippen LogP contribution in [-0.4, -0.2) is 43.7 Å². The lowest BCUT2D eigenvalue weighted by Gasteiger charge is -2.27. The van der Waals surface area contributed by atoms with Crippen LogP contribution in [-0.2, 0) is 4.74 Å². The van der Waals surface area contributed by atoms with Crippen LogP contribution in [0.3, 0.4) is 0 Å². The molecule has 1 N–H and O–H groups in total. The first-order chi connectivity index (χ1) is 9.63. The smallest absolute Gasteiger partial charge is 0.254 e. The van der Waals surface area contributed by atoms with E-state index in [1.165, 1.54) is 0 Å². The largest absolute Gasteiger partial charge is 0.385 e. The van der Waals surface area contributed by atoms with Crippen LogP contribution < -0.4 is 5.32 Å². The lowest BCUT2D eigenvalue weighted by Crippen LogP contribution is -2.40. The highest BCUT2D eigenvalue weighted by atomic mass is 16.5. The lowest BCUT2D eigenvalue weighted by atomic mass is 10.1. The van der Waals surface area contributed by atoms with Crippen molar-refractivity contribution >= 4 is 11.6 Å². The minimum absolute atomic E-state index is 0.0547. The predicted molar refractivity (Wildman–Crippen MR) is 83.3 cm³/mol. The van der Waals surface area contributed by atoms with Gasteiger partial charge >= 0.3 is 0 Å². The second kappa shape index (κ2) is 8.59. The highest BCUT2D eigenvalue weighted by Gasteiger charge is 2.19. The van der Waals surface area contributed by atoms with Crippen LogP contribution in [0.5, 0.6) is 0 Å². The third kappa shape index (κ3) is 4.53. The van der Waals surface area contributed by atoms with Gasteiger partial charge in [-0.15, -0.1) is 0 Å². The number of ether oxygens (including phenoxy) is 1. The van der Waals surface area contributed by atoms with E-state index in [9.17, 15) is 4.79 Å². The summed E-state index contributed by atoms with van der Waals surface area (Å²) in [7, 11) is 1.66. The van der Waals surface area contributed by atoms with E-state index in [0.717, 1.165) is 24.2 Å². The molecule has 0 saturated carbocycles. The van der Waals surface area contributed by atoms with Gasteiger partial charge in [0.2, 0.25) is 0 Å². The quantitative estimate of drug-likeness (QED) is 0.795. The third-order valence-corrected chi connectivity index (χ3v) is 3.25. The summed E-state index contributed by atoms with van der Waals surface area (Å²) in [6.07, 6.45) is 1.08. The molecule has 0 bridgehead atoms. The number of amides is 1. The summed E-state index contributed by atoms with van der Waals surface area (Å²) in [5, 5.41) is 3.30. The van der Waals surface area contributed by atoms with E-state index < -0.39 is 0 Å². The molecule has 0 radical (unpaired) electrons. The predicted octanol–water partition coefficient (Wildman–Crippen LogP) is 3.01. The number of likely N-dealkylation sites (N-methyl/N-ethyl adjacent to an activating group) is 1. The van der Waals surface area contributed by atoms with Crippen LogP contribution in [0.25, 0.3) is 0 Å². The maximum atomic E-state index is 12.5. The number of methoxy groups -OCH3 is 1. The minimum atomic E-state index is 0.0547. The Hall–Kier alpha value is -1.55. The lowest BCUT2D eigenvalue weighted by molar-refractivity contribution is 0.0579. The van der Waals surface area contributed by atoms with Crippen molar-refractivity contribution in [1.82, 2.24) is 4.90 Å². The number of hydrogen-bond donors (Lipinski definition) is 1. The number of nitrogens with zero attached hydrogens (tertiary/aromatic N) is 1. The van der Waals surface area contributed by atoms with Crippen LogP contribution in [0, 0.1) is 0 Å². The summed E-state index contributed by atoms with van der Waals surface area (Å²) in [6, 6.07) is 7.75. The van der Waals surface area contributed by atoms with Crippen LogP contribution in [0.15, 0.2) is 24.3 Å². The standard InChI is InChI=1S/C16H26N2O2/c1-5-11-17-15-9-7-14(8-10-15)16(19)18(6-2)13(3)12-20-4/h7-10,13,17H,5-6,11-12H2,1-4H3. The average molecular weight is 278 g/mol. The third-order valence-electron chi connectivity index (χ3n) is 3.25. The van der Waals surface area contributed by atoms with E-state index in [-0.39, 0.29) is 11.9 Å². The van der Waals surface area contributed by atoms with Crippen molar-refractivity contribution in [3.63, 3.8) is 0 Å². The summed E-state index contributed by atoms with van der Waals surface area (Å²) in [4.78, 5) is 14.3. The molecular formula is C16H26N2O2. The molecule has 4 nitrogen and oxygen atoms in total. The molecule has 0 aromatic heterocycles. The molecule has 1 rings (SSSR count). The molecule has 0 aliphatic heterocycles. The number of anilines is 1. The van der Waals surface area contributed by atoms with Gasteiger partial charge in [0.1, 0.15) is 0 Å². The first-order valence-corrected chi connectivity index (χ1v) is 7.27. The molecule has 1 aromatic carbocycles. The molecule has 112 valence electrons. The van der Waals surface area contributed by atoms with Crippen molar-refractivity contribution in [2.24, 2.45) is 0 Å². The molecule has 0 aliphatic carbocycles. The fourth-order valence-electron chi connectivity index (χ4n) is 2.15. The van der Waals surface area contributed by atoms with Crippen LogP contribution in [0.2, 0.25) is 0 Å². The Morgan fingerprint density at radius 1 is 1.30 bits per heavy atom. The molecule has 20 heavy (non-hydrogen) atoms. The highest BCUT2D eigenvalue weighted by Crippen LogP contribution is 2.13. The van der Waals surface area contributed by atoms with Gasteiger partial charge in [-0.05, 0) is 44.5 Å². The Morgan fingerprint density at radius 2 is 1.95 bits per heavy atom. The average Bonchev–Trinajstić information content (AvgIpc) is 2.46. The van der Waals surface area contributed by atoms with Crippen molar-refractivity contribution in [2.45, 2.75) is 33.2 Å². The van der Waals surface area contributed by atoms with E-state index >= 15 is 0 Å². The highest BCUT2D eigenvalue weighted by molar-refractivity contribution is 5.94. The summed E-state index contributed by atoms with van der Waals surface area (Å²) in [5.41, 5.74) is 1.77. The topological polar surface area (TPSA) is 41.6 Å². The molecule has 4 heteroatoms. The van der Waals surface area contributed by atoms with Gasteiger partial charge in [-0.3, -0.25) is 4.79 Å². The summed E-state index contributed by atoms with van der Waals surface area (Å²) in [6.45, 7) is 8.29. The Kier molecular flexibility index (Phi) is 7.09. The molecule has 1 amide bonds. The van der Waals surface area contributed by atoms with Crippen LogP contribution >= 0.6 is 0 Å². The Balaban J connectivity index is 2.74. The molecule has 0 heterocycles. The number of carbonyl (C=O) groups excluding carboxylic acids is 1. The first-order valence-electron chi connectivity index (χ1n) is 7.27. The fraction of sp³-hybridized carbons (Fsp3) is 0.562. The van der Waals surface area contributed by atoms with Gasteiger partial charge in [0.05, 0.1) is 12.6 Å². The molecular weight excluding hydrogens is 252 g/mol. The number of hydrogen-bond acceptors (Lipinski definition) is 3. The fourth-order valence-corrected chi connectivity index (χ4v) is 2.15. The Morgan fingerprint density at radius 3 is 2.45 bits per heavy atom. The summed E-state index contributed by atoms with van der Waals surface area (Å²) in [5.74, 6) is 0.0547. The van der Waals surface area contributed by atoms with Gasteiger partial charge in [0.25, 0.3) is 5.91 Å². The number of carbonyl (C=O) groups is 1. The van der Waals surface area contributed by atoms with E-state index in [2.05, 4.69) is 12.2 Å². The molecule has 1 unspecified atom stereocenters. The Labute approximate surface area is 122 Å². The molecule has 0 aliphatic rings. The van der Waals surface area contributed by atoms with Crippen LogP contribution in [0.1, 0.15) is 37.6 Å². The zero-order chi connectivity index (χ0) is 15.0. The van der Waals surface area contributed by atoms with Crippen molar-refractivity contribution in [2.75, 3.05) is 32.1 Å². The molecule has 1 atom stereocenters. The van der Waals surface area contributed by atoms with Gasteiger partial charge in [0.15, 0.2) is 0 Å². The molecule has 1 aromatic rings. The number of nitrogens with one attached hydrogen (secondary N) is 1. The van der Waals surface area contributed by atoms with Gasteiger partial charge < -0.3 is 15.0 Å². The van der Waals surface area contributed by atoms with E-state index in [4.69, 9.17) is 4.74 Å². The van der Waals surface area contributed by atoms with Crippen molar-refractivity contribution in [3.05, 3.63) is 29.8 Å². The van der Waals surface area contributed by atoms with Crippen molar-refractivity contribution < 1.29 is 9.53 Å².